The standard InChI is InChI=1S/C28H44F2N6O8S/c1-27(2,41)21-15-32-34-36(21)18-14-19(24(39)33-28(22(37)23(31)38)9-6-11-44-12-10-28)35(16-18)25(40)20(45(42,43)26(29)30)13-17-7-4-3-5-8-17/h15,17-20,22,26,37,41H,3-14,16H2,1-2H3,(H2,31,38)(H,33,39)/t18-,19-,20+,22?,28?/m0/s1. The highest BCUT2D eigenvalue weighted by Crippen LogP contribution is 2.36. The molecule has 2 unspecified atom stereocenters. The predicted molar refractivity (Wildman–Crippen MR) is 155 cm³/mol. The van der Waals surface area contributed by atoms with Crippen molar-refractivity contribution in [1.82, 2.24) is 25.2 Å². The van der Waals surface area contributed by atoms with Crippen LogP contribution in [0.1, 0.15) is 89.8 Å². The molecule has 1 saturated carbocycles. The third-order valence-electron chi connectivity index (χ3n) is 9.37. The summed E-state index contributed by atoms with van der Waals surface area (Å²) < 4.78 is 60.8. The van der Waals surface area contributed by atoms with Crippen molar-refractivity contribution in [3.63, 3.8) is 0 Å². The van der Waals surface area contributed by atoms with Gasteiger partial charge in [0.25, 0.3) is 0 Å². The van der Waals surface area contributed by atoms with Gasteiger partial charge < -0.3 is 30.9 Å². The van der Waals surface area contributed by atoms with Crippen LogP contribution in [0.5, 0.6) is 0 Å². The quantitative estimate of drug-likeness (QED) is 0.258. The number of alkyl halides is 2. The average Bonchev–Trinajstić information content (AvgIpc) is 3.59. The first-order valence-corrected chi connectivity index (χ1v) is 17.0. The van der Waals surface area contributed by atoms with Gasteiger partial charge >= 0.3 is 5.76 Å². The van der Waals surface area contributed by atoms with Gasteiger partial charge in [0.15, 0.2) is 6.10 Å². The summed E-state index contributed by atoms with van der Waals surface area (Å²) in [5, 5.41) is 30.0. The van der Waals surface area contributed by atoms with Crippen molar-refractivity contribution in [1.29, 1.82) is 0 Å². The second kappa shape index (κ2) is 13.9. The number of aliphatic hydroxyl groups is 2. The maximum atomic E-state index is 14.1. The number of likely N-dealkylation sites (tertiary alicyclic amines) is 1. The van der Waals surface area contributed by atoms with Crippen LogP contribution in [0.15, 0.2) is 6.20 Å². The van der Waals surface area contributed by atoms with Gasteiger partial charge in [-0.25, -0.2) is 13.1 Å². The lowest BCUT2D eigenvalue weighted by atomic mass is 9.83. The molecule has 1 aliphatic carbocycles. The molecule has 3 heterocycles. The minimum atomic E-state index is -5.24. The Morgan fingerprint density at radius 3 is 2.49 bits per heavy atom. The van der Waals surface area contributed by atoms with Gasteiger partial charge in [0, 0.05) is 26.2 Å². The minimum absolute atomic E-state index is 0.0168. The van der Waals surface area contributed by atoms with Crippen molar-refractivity contribution in [3.05, 3.63) is 11.9 Å². The normalized spacial score (nSPS) is 26.8. The molecular weight excluding hydrogens is 618 g/mol. The van der Waals surface area contributed by atoms with Crippen molar-refractivity contribution in [2.24, 2.45) is 11.7 Å². The number of aliphatic hydroxyl groups excluding tert-OH is 1. The van der Waals surface area contributed by atoms with E-state index in [0.29, 0.717) is 25.9 Å². The monoisotopic (exact) mass is 662 g/mol. The zero-order valence-electron chi connectivity index (χ0n) is 25.6. The second-order valence-corrected chi connectivity index (χ2v) is 15.1. The largest absolute Gasteiger partial charge is 0.384 e. The van der Waals surface area contributed by atoms with Crippen LogP contribution in [-0.4, -0.2) is 105 Å². The first-order valence-electron chi connectivity index (χ1n) is 15.4. The van der Waals surface area contributed by atoms with Crippen molar-refractivity contribution in [2.75, 3.05) is 19.8 Å². The topological polar surface area (TPSA) is 207 Å². The van der Waals surface area contributed by atoms with E-state index in [4.69, 9.17) is 10.5 Å². The summed E-state index contributed by atoms with van der Waals surface area (Å²) in [5.74, 6) is -7.12. The second-order valence-electron chi connectivity index (χ2n) is 13.0. The Labute approximate surface area is 260 Å². The van der Waals surface area contributed by atoms with Crippen LogP contribution in [0.2, 0.25) is 0 Å². The first-order chi connectivity index (χ1) is 21.1. The third kappa shape index (κ3) is 7.63. The van der Waals surface area contributed by atoms with Gasteiger partial charge in [-0.15, -0.1) is 5.10 Å². The molecule has 3 aliphatic rings. The van der Waals surface area contributed by atoms with E-state index in [1.54, 1.807) is 0 Å². The molecule has 0 spiro atoms. The molecule has 17 heteroatoms. The number of carbonyl (C=O) groups is 3. The van der Waals surface area contributed by atoms with Gasteiger partial charge in [0.2, 0.25) is 27.6 Å². The van der Waals surface area contributed by atoms with Gasteiger partial charge in [-0.3, -0.25) is 14.4 Å². The molecule has 5 atom stereocenters. The molecule has 3 amide bonds. The molecule has 5 N–H and O–H groups in total. The van der Waals surface area contributed by atoms with E-state index in [0.717, 1.165) is 24.2 Å². The van der Waals surface area contributed by atoms with Crippen molar-refractivity contribution in [3.8, 4) is 0 Å². The summed E-state index contributed by atoms with van der Waals surface area (Å²) in [6, 6.07) is -2.20. The van der Waals surface area contributed by atoms with Gasteiger partial charge in [0.05, 0.1) is 23.5 Å². The van der Waals surface area contributed by atoms with Crippen LogP contribution in [-0.2, 0) is 34.6 Å². The fourth-order valence-corrected chi connectivity index (χ4v) is 8.09. The number of primary amides is 1. The van der Waals surface area contributed by atoms with E-state index in [-0.39, 0.29) is 50.4 Å². The van der Waals surface area contributed by atoms with E-state index in [1.807, 2.05) is 0 Å². The van der Waals surface area contributed by atoms with E-state index < -0.39 is 67.9 Å². The Balaban J connectivity index is 1.73. The summed E-state index contributed by atoms with van der Waals surface area (Å²) in [7, 11) is -5.24. The number of amides is 3. The Bertz CT molecular complexity index is 1320. The summed E-state index contributed by atoms with van der Waals surface area (Å²) in [6.07, 6.45) is 3.26. The van der Waals surface area contributed by atoms with E-state index in [2.05, 4.69) is 15.6 Å². The van der Waals surface area contributed by atoms with Crippen LogP contribution < -0.4 is 11.1 Å². The third-order valence-corrected chi connectivity index (χ3v) is 11.1. The number of aromatic nitrogens is 3. The van der Waals surface area contributed by atoms with Crippen molar-refractivity contribution in [2.45, 2.75) is 118 Å². The highest BCUT2D eigenvalue weighted by molar-refractivity contribution is 7.93. The summed E-state index contributed by atoms with van der Waals surface area (Å²) in [5.41, 5.74) is 2.70. The van der Waals surface area contributed by atoms with Crippen molar-refractivity contribution >= 4 is 27.6 Å². The number of hydrogen-bond acceptors (Lipinski definition) is 10. The Hall–Kier alpha value is -2.76. The molecular formula is C28H44F2N6O8S. The number of ether oxygens (including phenoxy) is 1. The predicted octanol–water partition coefficient (Wildman–Crippen LogP) is 0.526. The molecule has 0 radical (unpaired) electrons. The Kier molecular flexibility index (Phi) is 10.9. The lowest BCUT2D eigenvalue weighted by Gasteiger charge is -2.38. The zero-order valence-corrected chi connectivity index (χ0v) is 26.4. The molecule has 254 valence electrons. The first kappa shape index (κ1) is 35.1. The lowest BCUT2D eigenvalue weighted by Crippen LogP contribution is -2.64. The number of carbonyl (C=O) groups excluding carboxylic acids is 3. The Morgan fingerprint density at radius 1 is 1.18 bits per heavy atom. The number of nitrogens with two attached hydrogens (primary N) is 1. The van der Waals surface area contributed by atoms with Crippen LogP contribution in [0.4, 0.5) is 8.78 Å². The SMILES string of the molecule is CC(C)(O)c1cnnn1[C@H]1C[C@@H](C(=O)NC2(C(O)C(N)=O)CCCOCC2)N(C(=O)[C@@H](CC2CCCCC2)S(=O)(=O)C(F)F)C1. The van der Waals surface area contributed by atoms with Crippen LogP contribution in [0, 0.1) is 5.92 Å². The number of rotatable bonds is 11. The fraction of sp³-hybridized carbons (Fsp3) is 0.821. The van der Waals surface area contributed by atoms with Crippen molar-refractivity contribution < 1.29 is 46.5 Å². The van der Waals surface area contributed by atoms with Crippen LogP contribution in [0.3, 0.4) is 0 Å². The van der Waals surface area contributed by atoms with E-state index in [1.165, 1.54) is 24.7 Å². The molecule has 3 fully saturated rings. The molecule has 1 aromatic heterocycles. The molecule has 14 nitrogen and oxygen atoms in total. The molecule has 2 aliphatic heterocycles. The number of hydrogen-bond donors (Lipinski definition) is 4. The van der Waals surface area contributed by atoms with E-state index >= 15 is 0 Å². The lowest BCUT2D eigenvalue weighted by molar-refractivity contribution is -0.142. The van der Waals surface area contributed by atoms with Gasteiger partial charge in [-0.2, -0.15) is 8.78 Å². The average molecular weight is 663 g/mol. The van der Waals surface area contributed by atoms with Crippen LogP contribution in [0.25, 0.3) is 0 Å². The van der Waals surface area contributed by atoms with E-state index in [9.17, 15) is 41.8 Å². The fourth-order valence-electron chi connectivity index (χ4n) is 6.88. The molecule has 2 saturated heterocycles. The molecule has 0 aromatic carbocycles. The highest BCUT2D eigenvalue weighted by atomic mass is 32.2. The number of nitrogens with one attached hydrogen (secondary N) is 1. The minimum Gasteiger partial charge on any atom is -0.384 e. The summed E-state index contributed by atoms with van der Waals surface area (Å²) >= 11 is 0. The molecule has 0 bridgehead atoms. The summed E-state index contributed by atoms with van der Waals surface area (Å²) in [4.78, 5) is 41.3. The van der Waals surface area contributed by atoms with Crippen LogP contribution >= 0.6 is 0 Å². The highest BCUT2D eigenvalue weighted by Gasteiger charge is 2.51. The maximum Gasteiger partial charge on any atom is 0.337 e. The Morgan fingerprint density at radius 2 is 1.87 bits per heavy atom. The van der Waals surface area contributed by atoms with Gasteiger partial charge in [-0.05, 0) is 45.4 Å². The van der Waals surface area contributed by atoms with Gasteiger partial charge in [0.1, 0.15) is 16.9 Å². The molecule has 1 aromatic rings. The maximum absolute atomic E-state index is 14.1. The number of nitrogens with zero attached hydrogens (tertiary/aromatic N) is 4. The van der Waals surface area contributed by atoms with Gasteiger partial charge in [-0.1, -0.05) is 37.3 Å². The molecule has 4 rings (SSSR count). The smallest absolute Gasteiger partial charge is 0.337 e. The molecule has 45 heavy (non-hydrogen) atoms. The zero-order chi connectivity index (χ0) is 33.2. The summed E-state index contributed by atoms with van der Waals surface area (Å²) in [6.45, 7) is 3.08. The number of halogens is 2. The number of sulfone groups is 1.